The van der Waals surface area contributed by atoms with Gasteiger partial charge in [0, 0.05) is 16.5 Å². The molecule has 0 fully saturated rings. The number of carbonyl (C=O) groups excluding carboxylic acids is 1. The molecule has 0 saturated carbocycles. The van der Waals surface area contributed by atoms with E-state index in [1.165, 1.54) is 16.1 Å². The smallest absolute Gasteiger partial charge is 0.330 e. The summed E-state index contributed by atoms with van der Waals surface area (Å²) in [6.45, 7) is -0.0967. The van der Waals surface area contributed by atoms with Crippen LogP contribution in [0.3, 0.4) is 0 Å². The van der Waals surface area contributed by atoms with Gasteiger partial charge < -0.3 is 4.74 Å². The maximum atomic E-state index is 11.8. The van der Waals surface area contributed by atoms with Crippen molar-refractivity contribution in [2.45, 2.75) is 13.2 Å². The molecule has 2 heterocycles. The topological polar surface area (TPSA) is 93.7 Å². The third-order valence-electron chi connectivity index (χ3n) is 3.03. The fraction of sp³-hybridized carbons (Fsp3) is 0.133. The van der Waals surface area contributed by atoms with Gasteiger partial charge in [-0.05, 0) is 22.7 Å². The van der Waals surface area contributed by atoms with Crippen molar-refractivity contribution in [1.82, 2.24) is 20.2 Å². The molecule has 23 heavy (non-hydrogen) atoms. The Hall–Kier alpha value is -3.05. The zero-order valence-corrected chi connectivity index (χ0v) is 12.7. The molecule has 0 aliphatic rings. The number of nitrogens with zero attached hydrogens (tertiary/aromatic N) is 5. The molecule has 0 atom stereocenters. The third kappa shape index (κ3) is 3.59. The Balaban J connectivity index is 1.59. The molecule has 0 unspecified atom stereocenters. The minimum atomic E-state index is -0.494. The van der Waals surface area contributed by atoms with E-state index in [0.29, 0.717) is 17.0 Å². The molecule has 8 heteroatoms. The maximum Gasteiger partial charge on any atom is 0.330 e. The Bertz CT molecular complexity index is 851. The summed E-state index contributed by atoms with van der Waals surface area (Å²) >= 11 is 1.53. The van der Waals surface area contributed by atoms with Gasteiger partial charge in [0.05, 0.1) is 11.6 Å². The quantitative estimate of drug-likeness (QED) is 0.666. The molecular weight excluding hydrogens is 314 g/mol. The van der Waals surface area contributed by atoms with Crippen molar-refractivity contribution in [3.05, 3.63) is 52.2 Å². The second kappa shape index (κ2) is 6.81. The minimum absolute atomic E-state index is 0.0364. The van der Waals surface area contributed by atoms with Crippen LogP contribution in [-0.4, -0.2) is 26.2 Å². The van der Waals surface area contributed by atoms with Gasteiger partial charge in [0.25, 0.3) is 0 Å². The average Bonchev–Trinajstić information content (AvgIpc) is 3.24. The SMILES string of the molecule is N#Cc1ccccc1COC(=O)Cn1nnc(-c2ccsc2)n1. The number of carbonyl (C=O) groups is 1. The Morgan fingerprint density at radius 3 is 3.00 bits per heavy atom. The summed E-state index contributed by atoms with van der Waals surface area (Å²) in [6, 6.07) is 10.9. The van der Waals surface area contributed by atoms with Crippen LogP contribution in [0, 0.1) is 11.3 Å². The molecule has 0 radical (unpaired) electrons. The van der Waals surface area contributed by atoms with E-state index in [-0.39, 0.29) is 13.2 Å². The molecule has 0 bridgehead atoms. The minimum Gasteiger partial charge on any atom is -0.459 e. The van der Waals surface area contributed by atoms with Crippen LogP contribution in [0.1, 0.15) is 11.1 Å². The molecule has 0 aliphatic carbocycles. The molecule has 3 rings (SSSR count). The molecule has 0 spiro atoms. The van der Waals surface area contributed by atoms with Gasteiger partial charge in [0.1, 0.15) is 6.61 Å². The van der Waals surface area contributed by atoms with Gasteiger partial charge in [0.15, 0.2) is 6.54 Å². The first-order valence-corrected chi connectivity index (χ1v) is 7.64. The lowest BCUT2D eigenvalue weighted by Gasteiger charge is -2.05. The second-order valence-corrected chi connectivity index (χ2v) is 5.37. The summed E-state index contributed by atoms with van der Waals surface area (Å²) in [5.74, 6) is -0.0270. The predicted octanol–water partition coefficient (Wildman–Crippen LogP) is 2.02. The fourth-order valence-electron chi connectivity index (χ4n) is 1.89. The molecular formula is C15H11N5O2S. The van der Waals surface area contributed by atoms with E-state index < -0.39 is 5.97 Å². The molecule has 114 valence electrons. The van der Waals surface area contributed by atoms with Gasteiger partial charge in [-0.25, -0.2) is 4.79 Å². The lowest BCUT2D eigenvalue weighted by molar-refractivity contribution is -0.146. The van der Waals surface area contributed by atoms with Crippen LogP contribution in [0.4, 0.5) is 0 Å². The van der Waals surface area contributed by atoms with Crippen LogP contribution in [0.15, 0.2) is 41.1 Å². The predicted molar refractivity (Wildman–Crippen MR) is 82.1 cm³/mol. The first-order chi connectivity index (χ1) is 11.3. The fourth-order valence-corrected chi connectivity index (χ4v) is 2.53. The highest BCUT2D eigenvalue weighted by Gasteiger charge is 2.11. The molecule has 1 aromatic carbocycles. The van der Waals surface area contributed by atoms with Crippen molar-refractivity contribution >= 4 is 17.3 Å². The van der Waals surface area contributed by atoms with Crippen molar-refractivity contribution in [3.63, 3.8) is 0 Å². The first kappa shape index (κ1) is 14.9. The number of hydrogen-bond acceptors (Lipinski definition) is 7. The van der Waals surface area contributed by atoms with Crippen molar-refractivity contribution < 1.29 is 9.53 Å². The first-order valence-electron chi connectivity index (χ1n) is 6.70. The Morgan fingerprint density at radius 1 is 1.35 bits per heavy atom. The van der Waals surface area contributed by atoms with Crippen molar-refractivity contribution in [1.29, 1.82) is 5.26 Å². The standard InChI is InChI=1S/C15H11N5O2S/c16-7-11-3-1-2-4-12(11)9-22-14(21)8-20-18-15(17-19-20)13-5-6-23-10-13/h1-6,10H,8-9H2. The van der Waals surface area contributed by atoms with Crippen molar-refractivity contribution in [3.8, 4) is 17.5 Å². The van der Waals surface area contributed by atoms with E-state index in [1.54, 1.807) is 24.3 Å². The number of hydrogen-bond donors (Lipinski definition) is 0. The molecule has 7 nitrogen and oxygen atoms in total. The van der Waals surface area contributed by atoms with Gasteiger partial charge in [-0.2, -0.15) is 21.4 Å². The van der Waals surface area contributed by atoms with E-state index in [9.17, 15) is 4.79 Å². The number of aromatic nitrogens is 4. The normalized spacial score (nSPS) is 10.2. The molecule has 0 N–H and O–H groups in total. The van der Waals surface area contributed by atoms with Gasteiger partial charge in [-0.3, -0.25) is 0 Å². The summed E-state index contributed by atoms with van der Waals surface area (Å²) in [5, 5.41) is 24.7. The average molecular weight is 325 g/mol. The van der Waals surface area contributed by atoms with E-state index in [0.717, 1.165) is 5.56 Å². The highest BCUT2D eigenvalue weighted by atomic mass is 32.1. The molecule has 2 aromatic heterocycles. The summed E-state index contributed by atoms with van der Waals surface area (Å²) in [6.07, 6.45) is 0. The lowest BCUT2D eigenvalue weighted by Crippen LogP contribution is -2.16. The Morgan fingerprint density at radius 2 is 2.22 bits per heavy atom. The number of tetrazole rings is 1. The lowest BCUT2D eigenvalue weighted by atomic mass is 10.1. The maximum absolute atomic E-state index is 11.8. The summed E-state index contributed by atoms with van der Waals surface area (Å²) in [4.78, 5) is 13.0. The summed E-state index contributed by atoms with van der Waals surface area (Å²) < 4.78 is 5.16. The highest BCUT2D eigenvalue weighted by Crippen LogP contribution is 2.16. The van der Waals surface area contributed by atoms with Gasteiger partial charge in [-0.1, -0.05) is 18.2 Å². The van der Waals surface area contributed by atoms with E-state index in [4.69, 9.17) is 10.00 Å². The Labute approximate surface area is 135 Å². The Kier molecular flexibility index (Phi) is 4.40. The van der Waals surface area contributed by atoms with Gasteiger partial charge in [-0.15, -0.1) is 10.2 Å². The zero-order valence-electron chi connectivity index (χ0n) is 11.9. The van der Waals surface area contributed by atoms with Crippen LogP contribution in [0.5, 0.6) is 0 Å². The van der Waals surface area contributed by atoms with E-state index in [1.807, 2.05) is 16.8 Å². The number of benzene rings is 1. The number of nitriles is 1. The van der Waals surface area contributed by atoms with Crippen molar-refractivity contribution in [2.24, 2.45) is 0 Å². The number of esters is 1. The number of thiophene rings is 1. The highest BCUT2D eigenvalue weighted by molar-refractivity contribution is 7.08. The van der Waals surface area contributed by atoms with Gasteiger partial charge >= 0.3 is 5.97 Å². The van der Waals surface area contributed by atoms with E-state index >= 15 is 0 Å². The molecule has 3 aromatic rings. The molecule has 0 saturated heterocycles. The molecule has 0 amide bonds. The van der Waals surface area contributed by atoms with E-state index in [2.05, 4.69) is 21.5 Å². The number of ether oxygens (including phenoxy) is 1. The van der Waals surface area contributed by atoms with Crippen LogP contribution < -0.4 is 0 Å². The van der Waals surface area contributed by atoms with Crippen LogP contribution in [0.25, 0.3) is 11.4 Å². The molecule has 0 aliphatic heterocycles. The summed E-state index contributed by atoms with van der Waals surface area (Å²) in [7, 11) is 0. The summed E-state index contributed by atoms with van der Waals surface area (Å²) in [5.41, 5.74) is 2.00. The monoisotopic (exact) mass is 325 g/mol. The van der Waals surface area contributed by atoms with Gasteiger partial charge in [0.2, 0.25) is 5.82 Å². The number of rotatable bonds is 5. The van der Waals surface area contributed by atoms with Crippen LogP contribution >= 0.6 is 11.3 Å². The zero-order chi connectivity index (χ0) is 16.1. The van der Waals surface area contributed by atoms with Crippen LogP contribution in [0.2, 0.25) is 0 Å². The van der Waals surface area contributed by atoms with Crippen LogP contribution in [-0.2, 0) is 22.7 Å². The van der Waals surface area contributed by atoms with Crippen molar-refractivity contribution in [2.75, 3.05) is 0 Å². The largest absolute Gasteiger partial charge is 0.459 e. The second-order valence-electron chi connectivity index (χ2n) is 4.59. The third-order valence-corrected chi connectivity index (χ3v) is 3.71.